The van der Waals surface area contributed by atoms with Gasteiger partial charge in [0.25, 0.3) is 0 Å². The van der Waals surface area contributed by atoms with Crippen molar-refractivity contribution in [1.82, 2.24) is 15.3 Å². The van der Waals surface area contributed by atoms with Crippen molar-refractivity contribution in [1.29, 1.82) is 0 Å². The second-order valence-electron chi connectivity index (χ2n) is 5.30. The van der Waals surface area contributed by atoms with E-state index < -0.39 is 0 Å². The summed E-state index contributed by atoms with van der Waals surface area (Å²) in [4.78, 5) is 11.2. The largest absolute Gasteiger partial charge is 0.340 e. The normalized spacial score (nSPS) is 11.1. The van der Waals surface area contributed by atoms with Gasteiger partial charge in [-0.25, -0.2) is 9.97 Å². The zero-order valence-electron chi connectivity index (χ0n) is 12.6. The Balaban J connectivity index is 2.04. The lowest BCUT2D eigenvalue weighted by Gasteiger charge is -2.18. The molecule has 0 saturated carbocycles. The van der Waals surface area contributed by atoms with Gasteiger partial charge in [0.2, 0.25) is 5.95 Å². The summed E-state index contributed by atoms with van der Waals surface area (Å²) in [6.45, 7) is 7.98. The van der Waals surface area contributed by atoms with Crippen molar-refractivity contribution in [3.8, 4) is 0 Å². The number of aryl methyl sites for hydroxylation is 1. The van der Waals surface area contributed by atoms with E-state index in [4.69, 9.17) is 0 Å². The number of nitrogens with zero attached hydrogens (tertiary/aromatic N) is 3. The lowest BCUT2D eigenvalue weighted by Crippen LogP contribution is -2.24. The van der Waals surface area contributed by atoms with Gasteiger partial charge in [-0.15, -0.1) is 0 Å². The van der Waals surface area contributed by atoms with Crippen molar-refractivity contribution in [3.05, 3.63) is 39.8 Å². The highest BCUT2D eigenvalue weighted by atomic mass is 32.1. The summed E-state index contributed by atoms with van der Waals surface area (Å²) < 4.78 is 0. The van der Waals surface area contributed by atoms with Crippen molar-refractivity contribution >= 4 is 17.3 Å². The molecule has 108 valence electrons. The van der Waals surface area contributed by atoms with Crippen LogP contribution in [0.5, 0.6) is 0 Å². The molecule has 0 aromatic carbocycles. The minimum atomic E-state index is 0.468. The molecule has 2 heterocycles. The van der Waals surface area contributed by atoms with Gasteiger partial charge >= 0.3 is 0 Å². The molecule has 0 unspecified atom stereocenters. The van der Waals surface area contributed by atoms with E-state index in [1.807, 2.05) is 20.2 Å². The van der Waals surface area contributed by atoms with Gasteiger partial charge in [-0.3, -0.25) is 0 Å². The first-order valence-corrected chi connectivity index (χ1v) is 7.78. The summed E-state index contributed by atoms with van der Waals surface area (Å²) in [5, 5.41) is 7.65. The smallest absolute Gasteiger partial charge is 0.225 e. The second kappa shape index (κ2) is 6.81. The second-order valence-corrected chi connectivity index (χ2v) is 6.08. The monoisotopic (exact) mass is 290 g/mol. The molecule has 1 N–H and O–H groups in total. The summed E-state index contributed by atoms with van der Waals surface area (Å²) in [5.74, 6) is 0.780. The van der Waals surface area contributed by atoms with Crippen LogP contribution in [-0.2, 0) is 13.1 Å². The van der Waals surface area contributed by atoms with Gasteiger partial charge in [-0.05, 0) is 29.3 Å². The van der Waals surface area contributed by atoms with Crippen LogP contribution < -0.4 is 10.2 Å². The Hall–Kier alpha value is -1.46. The highest BCUT2D eigenvalue weighted by Crippen LogP contribution is 2.14. The molecule has 2 rings (SSSR count). The Kier molecular flexibility index (Phi) is 5.09. The average Bonchev–Trinajstić information content (AvgIpc) is 2.89. The van der Waals surface area contributed by atoms with Gasteiger partial charge in [-0.1, -0.05) is 13.8 Å². The minimum absolute atomic E-state index is 0.468. The summed E-state index contributed by atoms with van der Waals surface area (Å²) in [6.07, 6.45) is 1.93. The molecule has 0 radical (unpaired) electrons. The molecular weight excluding hydrogens is 268 g/mol. The topological polar surface area (TPSA) is 41.1 Å². The molecule has 0 saturated heterocycles. The SMILES string of the molecule is Cc1nc(N(C)Cc2ccsc2)ncc1CNC(C)C. The fraction of sp³-hybridized carbons (Fsp3) is 0.467. The number of aromatic nitrogens is 2. The number of thiophene rings is 1. The number of anilines is 1. The Morgan fingerprint density at radius 2 is 2.20 bits per heavy atom. The first kappa shape index (κ1) is 14.9. The van der Waals surface area contributed by atoms with Crippen molar-refractivity contribution in [2.24, 2.45) is 0 Å². The first-order chi connectivity index (χ1) is 9.56. The molecule has 0 amide bonds. The average molecular weight is 290 g/mol. The van der Waals surface area contributed by atoms with Crippen LogP contribution in [0.1, 0.15) is 30.7 Å². The third-order valence-corrected chi connectivity index (χ3v) is 3.84. The molecule has 0 spiro atoms. The van der Waals surface area contributed by atoms with Crippen molar-refractivity contribution in [3.63, 3.8) is 0 Å². The molecule has 2 aromatic rings. The number of nitrogens with one attached hydrogen (secondary N) is 1. The Morgan fingerprint density at radius 3 is 2.80 bits per heavy atom. The van der Waals surface area contributed by atoms with Crippen LogP contribution in [0, 0.1) is 6.92 Å². The van der Waals surface area contributed by atoms with Crippen molar-refractivity contribution < 1.29 is 0 Å². The fourth-order valence-corrected chi connectivity index (χ4v) is 2.54. The van der Waals surface area contributed by atoms with E-state index in [9.17, 15) is 0 Å². The van der Waals surface area contributed by atoms with E-state index in [1.54, 1.807) is 11.3 Å². The van der Waals surface area contributed by atoms with E-state index in [0.717, 1.165) is 30.3 Å². The third-order valence-electron chi connectivity index (χ3n) is 3.11. The fourth-order valence-electron chi connectivity index (χ4n) is 1.88. The van der Waals surface area contributed by atoms with Crippen LogP contribution in [0.25, 0.3) is 0 Å². The van der Waals surface area contributed by atoms with E-state index in [-0.39, 0.29) is 0 Å². The Morgan fingerprint density at radius 1 is 1.40 bits per heavy atom. The van der Waals surface area contributed by atoms with Crippen LogP contribution in [0.4, 0.5) is 5.95 Å². The zero-order valence-corrected chi connectivity index (χ0v) is 13.4. The first-order valence-electron chi connectivity index (χ1n) is 6.84. The van der Waals surface area contributed by atoms with E-state index in [1.165, 1.54) is 5.56 Å². The van der Waals surface area contributed by atoms with Crippen LogP contribution in [-0.4, -0.2) is 23.1 Å². The van der Waals surface area contributed by atoms with E-state index in [0.29, 0.717) is 6.04 Å². The maximum Gasteiger partial charge on any atom is 0.225 e. The molecule has 0 atom stereocenters. The molecule has 0 fully saturated rings. The molecule has 0 aliphatic heterocycles. The summed E-state index contributed by atoms with van der Waals surface area (Å²) in [6, 6.07) is 2.60. The predicted molar refractivity (Wildman–Crippen MR) is 85.2 cm³/mol. The van der Waals surface area contributed by atoms with Gasteiger partial charge in [-0.2, -0.15) is 11.3 Å². The van der Waals surface area contributed by atoms with E-state index in [2.05, 4.69) is 50.9 Å². The molecule has 4 nitrogen and oxygen atoms in total. The summed E-state index contributed by atoms with van der Waals surface area (Å²) >= 11 is 1.72. The molecule has 0 bridgehead atoms. The summed E-state index contributed by atoms with van der Waals surface area (Å²) in [7, 11) is 2.03. The van der Waals surface area contributed by atoms with E-state index >= 15 is 0 Å². The quantitative estimate of drug-likeness (QED) is 0.888. The van der Waals surface area contributed by atoms with Gasteiger partial charge in [0.05, 0.1) is 0 Å². The van der Waals surface area contributed by atoms with Crippen molar-refractivity contribution in [2.45, 2.75) is 39.9 Å². The molecule has 0 aliphatic carbocycles. The van der Waals surface area contributed by atoms with Gasteiger partial charge in [0, 0.05) is 43.6 Å². The number of hydrogen-bond donors (Lipinski definition) is 1. The highest BCUT2D eigenvalue weighted by Gasteiger charge is 2.08. The Bertz CT molecular complexity index is 537. The molecule has 0 aliphatic rings. The third kappa shape index (κ3) is 4.02. The highest BCUT2D eigenvalue weighted by molar-refractivity contribution is 7.07. The molecule has 5 heteroatoms. The maximum atomic E-state index is 4.61. The molecule has 2 aromatic heterocycles. The van der Waals surface area contributed by atoms with Crippen LogP contribution in [0.3, 0.4) is 0 Å². The standard InChI is InChI=1S/C15H22N4S/c1-11(2)16-7-14-8-17-15(18-12(14)3)19(4)9-13-5-6-20-10-13/h5-6,8,10-11,16H,7,9H2,1-4H3. The minimum Gasteiger partial charge on any atom is -0.340 e. The van der Waals surface area contributed by atoms with Crippen LogP contribution in [0.15, 0.2) is 23.0 Å². The zero-order chi connectivity index (χ0) is 14.5. The molecular formula is C15H22N4S. The maximum absolute atomic E-state index is 4.61. The number of rotatable bonds is 6. The van der Waals surface area contributed by atoms with Crippen LogP contribution >= 0.6 is 11.3 Å². The Labute approximate surface area is 124 Å². The van der Waals surface area contributed by atoms with Gasteiger partial charge in [0.15, 0.2) is 0 Å². The lowest BCUT2D eigenvalue weighted by atomic mass is 10.2. The predicted octanol–water partition coefficient (Wildman–Crippen LogP) is 2.98. The molecule has 20 heavy (non-hydrogen) atoms. The lowest BCUT2D eigenvalue weighted by molar-refractivity contribution is 0.584. The van der Waals surface area contributed by atoms with Gasteiger partial charge < -0.3 is 10.2 Å². The van der Waals surface area contributed by atoms with Crippen molar-refractivity contribution in [2.75, 3.05) is 11.9 Å². The van der Waals surface area contributed by atoms with Gasteiger partial charge in [0.1, 0.15) is 0 Å². The van der Waals surface area contributed by atoms with Crippen LogP contribution in [0.2, 0.25) is 0 Å². The number of hydrogen-bond acceptors (Lipinski definition) is 5. The summed E-state index contributed by atoms with van der Waals surface area (Å²) in [5.41, 5.74) is 3.50.